The molecule has 1 aromatic carbocycles. The van der Waals surface area contributed by atoms with Crippen LogP contribution in [0.1, 0.15) is 5.56 Å². The summed E-state index contributed by atoms with van der Waals surface area (Å²) >= 11 is 0. The van der Waals surface area contributed by atoms with Crippen LogP contribution in [0.15, 0.2) is 53.8 Å². The van der Waals surface area contributed by atoms with E-state index in [4.69, 9.17) is 10.5 Å². The number of hydrogen-bond donors (Lipinski definition) is 1. The van der Waals surface area contributed by atoms with Crippen LogP contribution in [0.3, 0.4) is 0 Å². The van der Waals surface area contributed by atoms with Crippen molar-refractivity contribution in [1.82, 2.24) is 9.78 Å². The van der Waals surface area contributed by atoms with Crippen LogP contribution in [0.4, 0.5) is 4.79 Å². The number of hydrogen-bond acceptors (Lipinski definition) is 3. The maximum atomic E-state index is 11.4. The minimum absolute atomic E-state index is 0. The van der Waals surface area contributed by atoms with Gasteiger partial charge in [0.15, 0.2) is 0 Å². The lowest BCUT2D eigenvalue weighted by Crippen LogP contribution is -2.24. The third-order valence-corrected chi connectivity index (χ3v) is 2.15. The van der Waals surface area contributed by atoms with Crippen molar-refractivity contribution >= 4 is 36.9 Å². The number of nitrogens with two attached hydrogens (primary N) is 1. The molecule has 0 radical (unpaired) electrons. The van der Waals surface area contributed by atoms with E-state index in [1.54, 1.807) is 12.3 Å². The number of amides is 1. The van der Waals surface area contributed by atoms with Gasteiger partial charge in [-0.25, -0.2) is 9.48 Å². The Morgan fingerprint density at radius 2 is 1.95 bits per heavy atom. The van der Waals surface area contributed by atoms with Crippen LogP contribution in [0, 0.1) is 0 Å². The third-order valence-electron chi connectivity index (χ3n) is 2.15. The largest absolute Gasteiger partial charge is 0.443 e. The summed E-state index contributed by atoms with van der Waals surface area (Å²) in [6.07, 6.45) is 2.38. The fourth-order valence-corrected chi connectivity index (χ4v) is 1.30. The van der Waals surface area contributed by atoms with E-state index in [0.29, 0.717) is 0 Å². The van der Waals surface area contributed by atoms with E-state index in [1.807, 2.05) is 30.3 Å². The third kappa shape index (κ3) is 5.29. The van der Waals surface area contributed by atoms with E-state index < -0.39 is 6.09 Å². The van der Waals surface area contributed by atoms with E-state index in [-0.39, 0.29) is 37.4 Å². The molecule has 0 bridgehead atoms. The molecule has 0 fully saturated rings. The molecule has 2 aromatic rings. The number of nitrogens with zero attached hydrogens (tertiary/aromatic N) is 3. The van der Waals surface area contributed by atoms with Gasteiger partial charge in [-0.15, -0.1) is 29.8 Å². The number of halogens is 2. The van der Waals surface area contributed by atoms with Gasteiger partial charge in [-0.3, -0.25) is 0 Å². The standard InChI is InChI=1S/C12H12N4O2.2ClH/c13-11(16-8-4-7-14-16)15-12(17)18-9-10-5-2-1-3-6-10;;/h1-8H,9H2,(H2,13,15,17);2*1H. The first-order chi connectivity index (χ1) is 8.75. The molecule has 2 N–H and O–H groups in total. The first-order valence-electron chi connectivity index (χ1n) is 5.30. The van der Waals surface area contributed by atoms with Crippen molar-refractivity contribution in [1.29, 1.82) is 0 Å². The Balaban J connectivity index is 0.00000180. The maximum Gasteiger partial charge on any atom is 0.437 e. The highest BCUT2D eigenvalue weighted by Gasteiger charge is 2.04. The van der Waals surface area contributed by atoms with E-state index in [2.05, 4.69) is 10.1 Å². The first-order valence-corrected chi connectivity index (χ1v) is 5.30. The highest BCUT2D eigenvalue weighted by Crippen LogP contribution is 2.01. The number of benzene rings is 1. The molecule has 1 heterocycles. The van der Waals surface area contributed by atoms with Gasteiger partial charge in [0.2, 0.25) is 5.96 Å². The second-order valence-electron chi connectivity index (χ2n) is 3.46. The number of carbonyl (C=O) groups is 1. The summed E-state index contributed by atoms with van der Waals surface area (Å²) in [5.41, 5.74) is 6.45. The molecule has 6 nitrogen and oxygen atoms in total. The number of ether oxygens (including phenoxy) is 1. The Kier molecular flexibility index (Phi) is 8.03. The normalized spacial score (nSPS) is 10.1. The van der Waals surface area contributed by atoms with E-state index >= 15 is 0 Å². The van der Waals surface area contributed by atoms with Gasteiger partial charge in [0.1, 0.15) is 6.61 Å². The summed E-state index contributed by atoms with van der Waals surface area (Å²) in [5.74, 6) is -0.0296. The minimum Gasteiger partial charge on any atom is -0.443 e. The molecular weight excluding hydrogens is 303 g/mol. The van der Waals surface area contributed by atoms with E-state index in [1.165, 1.54) is 10.9 Å². The molecule has 108 valence electrons. The summed E-state index contributed by atoms with van der Waals surface area (Å²) in [5, 5.41) is 3.84. The Hall–Kier alpha value is -2.05. The van der Waals surface area contributed by atoms with Gasteiger partial charge >= 0.3 is 6.09 Å². The van der Waals surface area contributed by atoms with Gasteiger partial charge in [-0.2, -0.15) is 5.10 Å². The average molecular weight is 317 g/mol. The van der Waals surface area contributed by atoms with Crippen LogP contribution >= 0.6 is 24.8 Å². The molecule has 0 spiro atoms. The maximum absolute atomic E-state index is 11.4. The Morgan fingerprint density at radius 1 is 1.25 bits per heavy atom. The predicted molar refractivity (Wildman–Crippen MR) is 80.4 cm³/mol. The molecule has 20 heavy (non-hydrogen) atoms. The molecule has 0 aliphatic heterocycles. The van der Waals surface area contributed by atoms with Crippen molar-refractivity contribution in [2.45, 2.75) is 6.61 Å². The molecule has 1 amide bonds. The van der Waals surface area contributed by atoms with Gasteiger partial charge in [-0.05, 0) is 11.6 Å². The highest BCUT2D eigenvalue weighted by molar-refractivity contribution is 5.89. The second-order valence-corrected chi connectivity index (χ2v) is 3.46. The number of aromatic nitrogens is 2. The van der Waals surface area contributed by atoms with Crippen molar-refractivity contribution < 1.29 is 9.53 Å². The van der Waals surface area contributed by atoms with Crippen molar-refractivity contribution in [3.8, 4) is 0 Å². The zero-order valence-electron chi connectivity index (χ0n) is 10.4. The molecule has 1 aromatic heterocycles. The van der Waals surface area contributed by atoms with Gasteiger partial charge in [0.25, 0.3) is 0 Å². The zero-order chi connectivity index (χ0) is 12.8. The van der Waals surface area contributed by atoms with Crippen molar-refractivity contribution in [2.24, 2.45) is 10.7 Å². The van der Waals surface area contributed by atoms with E-state index in [9.17, 15) is 4.79 Å². The van der Waals surface area contributed by atoms with Crippen LogP contribution in [-0.2, 0) is 11.3 Å². The molecule has 0 aliphatic carbocycles. The van der Waals surface area contributed by atoms with Crippen LogP contribution in [0.2, 0.25) is 0 Å². The van der Waals surface area contributed by atoms with Gasteiger partial charge in [-0.1, -0.05) is 30.3 Å². The SMILES string of the molecule is Cl.Cl.NC(=NC(=O)OCc1ccccc1)n1cccn1. The molecule has 8 heteroatoms. The quantitative estimate of drug-likeness (QED) is 0.680. The van der Waals surface area contributed by atoms with Crippen LogP contribution in [0.25, 0.3) is 0 Å². The highest BCUT2D eigenvalue weighted by atomic mass is 35.5. The zero-order valence-corrected chi connectivity index (χ0v) is 12.0. The monoisotopic (exact) mass is 316 g/mol. The number of aliphatic imine (C=N–C) groups is 1. The first kappa shape index (κ1) is 17.9. The van der Waals surface area contributed by atoms with Crippen molar-refractivity contribution in [3.63, 3.8) is 0 Å². The van der Waals surface area contributed by atoms with E-state index in [0.717, 1.165) is 5.56 Å². The van der Waals surface area contributed by atoms with Crippen LogP contribution < -0.4 is 5.73 Å². The molecular formula is C12H14Cl2N4O2. The van der Waals surface area contributed by atoms with Crippen LogP contribution in [-0.4, -0.2) is 21.8 Å². The molecule has 0 saturated carbocycles. The van der Waals surface area contributed by atoms with Crippen molar-refractivity contribution in [3.05, 3.63) is 54.4 Å². The molecule has 0 atom stereocenters. The fourth-order valence-electron chi connectivity index (χ4n) is 1.30. The summed E-state index contributed by atoms with van der Waals surface area (Å²) in [7, 11) is 0. The summed E-state index contributed by atoms with van der Waals surface area (Å²) < 4.78 is 6.23. The van der Waals surface area contributed by atoms with Gasteiger partial charge in [0, 0.05) is 12.4 Å². The van der Waals surface area contributed by atoms with Crippen LogP contribution in [0.5, 0.6) is 0 Å². The lowest BCUT2D eigenvalue weighted by Gasteiger charge is -2.02. The lowest BCUT2D eigenvalue weighted by atomic mass is 10.2. The molecule has 0 saturated heterocycles. The topological polar surface area (TPSA) is 82.5 Å². The van der Waals surface area contributed by atoms with Gasteiger partial charge < -0.3 is 10.5 Å². The number of carbonyl (C=O) groups excluding carboxylic acids is 1. The summed E-state index contributed by atoms with van der Waals surface area (Å²) in [6.45, 7) is 0.162. The fraction of sp³-hybridized carbons (Fsp3) is 0.0833. The Morgan fingerprint density at radius 3 is 2.55 bits per heavy atom. The lowest BCUT2D eigenvalue weighted by molar-refractivity contribution is 0.150. The van der Waals surface area contributed by atoms with Gasteiger partial charge in [0.05, 0.1) is 0 Å². The molecule has 0 unspecified atom stereocenters. The Labute approximate surface area is 128 Å². The predicted octanol–water partition coefficient (Wildman–Crippen LogP) is 2.23. The summed E-state index contributed by atoms with van der Waals surface area (Å²) in [4.78, 5) is 15.0. The Bertz CT molecular complexity index is 544. The smallest absolute Gasteiger partial charge is 0.437 e. The second kappa shape index (κ2) is 8.95. The average Bonchev–Trinajstić information content (AvgIpc) is 2.91. The molecule has 2 rings (SSSR count). The van der Waals surface area contributed by atoms with Crippen molar-refractivity contribution in [2.75, 3.05) is 0 Å². The minimum atomic E-state index is -0.744. The number of rotatable bonds is 2. The summed E-state index contributed by atoms with van der Waals surface area (Å²) in [6, 6.07) is 11.0. The molecule has 0 aliphatic rings.